The summed E-state index contributed by atoms with van der Waals surface area (Å²) in [5.41, 5.74) is 5.06. The normalized spacial score (nSPS) is 10.6. The van der Waals surface area contributed by atoms with E-state index >= 15 is 0 Å². The van der Waals surface area contributed by atoms with Gasteiger partial charge in [-0.2, -0.15) is 0 Å². The van der Waals surface area contributed by atoms with Crippen LogP contribution in [0.3, 0.4) is 0 Å². The number of benzene rings is 1. The zero-order valence-corrected chi connectivity index (χ0v) is 15.1. The molecule has 0 fully saturated rings. The molecule has 0 saturated carbocycles. The number of nitrogens with one attached hydrogen (secondary N) is 2. The number of hydrogen-bond donors (Lipinski definition) is 2. The van der Waals surface area contributed by atoms with Crippen molar-refractivity contribution in [3.63, 3.8) is 0 Å². The minimum absolute atomic E-state index is 0.0217. The van der Waals surface area contributed by atoms with Gasteiger partial charge in [0.2, 0.25) is 5.95 Å². The van der Waals surface area contributed by atoms with Crippen LogP contribution in [0.1, 0.15) is 11.3 Å². The number of rotatable bonds is 5. The lowest BCUT2D eigenvalue weighted by Crippen LogP contribution is -2.11. The first-order valence-corrected chi connectivity index (χ1v) is 8.07. The van der Waals surface area contributed by atoms with Crippen LogP contribution < -0.4 is 10.2 Å². The first-order valence-electron chi connectivity index (χ1n) is 8.07. The van der Waals surface area contributed by atoms with Crippen molar-refractivity contribution in [3.8, 4) is 11.3 Å². The third-order valence-corrected chi connectivity index (χ3v) is 4.10. The summed E-state index contributed by atoms with van der Waals surface area (Å²) in [6, 6.07) is 6.79. The van der Waals surface area contributed by atoms with Crippen LogP contribution in [0, 0.1) is 24.0 Å². The standard InChI is InChI=1S/C18H20N6O2/c1-11-10-20-12(2)17(11)14-7-8-19-18(22-14)21-13-5-6-15(23(3)4)16(9-13)24(25)26/h5-10,20H,1-4H3,(H,19,21,22). The summed E-state index contributed by atoms with van der Waals surface area (Å²) in [6.45, 7) is 4.00. The van der Waals surface area contributed by atoms with Crippen molar-refractivity contribution < 1.29 is 4.92 Å². The zero-order valence-electron chi connectivity index (χ0n) is 15.1. The fraction of sp³-hybridized carbons (Fsp3) is 0.222. The third-order valence-electron chi connectivity index (χ3n) is 4.10. The minimum Gasteiger partial charge on any atom is -0.372 e. The zero-order chi connectivity index (χ0) is 18.8. The molecule has 8 nitrogen and oxygen atoms in total. The maximum Gasteiger partial charge on any atom is 0.294 e. The predicted octanol–water partition coefficient (Wildman–Crippen LogP) is 3.81. The molecule has 0 bridgehead atoms. The Balaban J connectivity index is 1.94. The van der Waals surface area contributed by atoms with Crippen LogP contribution >= 0.6 is 0 Å². The number of aromatic nitrogens is 3. The highest BCUT2D eigenvalue weighted by Gasteiger charge is 2.17. The highest BCUT2D eigenvalue weighted by molar-refractivity contribution is 5.71. The first kappa shape index (κ1) is 17.4. The van der Waals surface area contributed by atoms with E-state index in [0.29, 0.717) is 17.3 Å². The van der Waals surface area contributed by atoms with E-state index in [1.165, 1.54) is 6.07 Å². The van der Waals surface area contributed by atoms with Gasteiger partial charge in [0.25, 0.3) is 5.69 Å². The van der Waals surface area contributed by atoms with Gasteiger partial charge >= 0.3 is 0 Å². The fourth-order valence-corrected chi connectivity index (χ4v) is 2.86. The average Bonchev–Trinajstić information content (AvgIpc) is 2.93. The van der Waals surface area contributed by atoms with Gasteiger partial charge in [-0.1, -0.05) is 0 Å². The number of hydrogen-bond acceptors (Lipinski definition) is 6. The molecule has 8 heteroatoms. The van der Waals surface area contributed by atoms with Crippen LogP contribution in [-0.2, 0) is 0 Å². The van der Waals surface area contributed by atoms with Gasteiger partial charge in [0.15, 0.2) is 0 Å². The van der Waals surface area contributed by atoms with Gasteiger partial charge in [0.1, 0.15) is 5.69 Å². The number of nitrogens with zero attached hydrogens (tertiary/aromatic N) is 4. The molecule has 0 saturated heterocycles. The topological polar surface area (TPSA) is 100.0 Å². The van der Waals surface area contributed by atoms with Crippen molar-refractivity contribution in [1.82, 2.24) is 15.0 Å². The number of nitro benzene ring substituents is 1. The largest absolute Gasteiger partial charge is 0.372 e. The lowest BCUT2D eigenvalue weighted by molar-refractivity contribution is -0.384. The number of H-pyrrole nitrogens is 1. The molecule has 3 aromatic rings. The summed E-state index contributed by atoms with van der Waals surface area (Å²) >= 11 is 0. The predicted molar refractivity (Wildman–Crippen MR) is 102 cm³/mol. The van der Waals surface area contributed by atoms with E-state index in [1.54, 1.807) is 37.3 Å². The quantitative estimate of drug-likeness (QED) is 0.535. The molecule has 3 rings (SSSR count). The summed E-state index contributed by atoms with van der Waals surface area (Å²) in [5.74, 6) is 0.384. The van der Waals surface area contributed by atoms with Crippen molar-refractivity contribution >= 4 is 23.0 Å². The van der Waals surface area contributed by atoms with Gasteiger partial charge in [0.05, 0.1) is 10.6 Å². The molecule has 2 heterocycles. The van der Waals surface area contributed by atoms with Gasteiger partial charge in [0, 0.05) is 49.5 Å². The molecule has 134 valence electrons. The lowest BCUT2D eigenvalue weighted by Gasteiger charge is -2.14. The Hall–Kier alpha value is -3.42. The first-order chi connectivity index (χ1) is 12.4. The molecule has 0 spiro atoms. The fourth-order valence-electron chi connectivity index (χ4n) is 2.86. The van der Waals surface area contributed by atoms with Crippen LogP contribution in [0.25, 0.3) is 11.3 Å². The van der Waals surface area contributed by atoms with E-state index in [1.807, 2.05) is 26.1 Å². The Morgan fingerprint density at radius 2 is 2.00 bits per heavy atom. The van der Waals surface area contributed by atoms with Gasteiger partial charge in [-0.05, 0) is 37.6 Å². The smallest absolute Gasteiger partial charge is 0.294 e. The van der Waals surface area contributed by atoms with E-state index in [4.69, 9.17) is 0 Å². The summed E-state index contributed by atoms with van der Waals surface area (Å²) in [6.07, 6.45) is 3.60. The van der Waals surface area contributed by atoms with E-state index in [0.717, 1.165) is 22.5 Å². The van der Waals surface area contributed by atoms with Crippen LogP contribution in [0.15, 0.2) is 36.7 Å². The molecule has 0 aliphatic rings. The molecule has 2 aromatic heterocycles. The molecule has 0 aliphatic carbocycles. The van der Waals surface area contributed by atoms with E-state index in [-0.39, 0.29) is 5.69 Å². The maximum atomic E-state index is 11.3. The molecule has 0 amide bonds. The van der Waals surface area contributed by atoms with Crippen molar-refractivity contribution in [1.29, 1.82) is 0 Å². The van der Waals surface area contributed by atoms with Gasteiger partial charge in [-0.15, -0.1) is 0 Å². The molecule has 0 atom stereocenters. The van der Waals surface area contributed by atoms with Crippen molar-refractivity contribution in [2.75, 3.05) is 24.3 Å². The Morgan fingerprint density at radius 1 is 1.23 bits per heavy atom. The molecular formula is C18H20N6O2. The monoisotopic (exact) mass is 352 g/mol. The minimum atomic E-state index is -0.398. The molecular weight excluding hydrogens is 332 g/mol. The molecule has 1 aromatic carbocycles. The maximum absolute atomic E-state index is 11.3. The highest BCUT2D eigenvalue weighted by atomic mass is 16.6. The average molecular weight is 352 g/mol. The van der Waals surface area contributed by atoms with Crippen LogP contribution in [0.2, 0.25) is 0 Å². The Labute approximate surface area is 151 Å². The van der Waals surface area contributed by atoms with Crippen LogP contribution in [0.5, 0.6) is 0 Å². The van der Waals surface area contributed by atoms with Crippen molar-refractivity contribution in [2.45, 2.75) is 13.8 Å². The second-order valence-electron chi connectivity index (χ2n) is 6.22. The molecule has 2 N–H and O–H groups in total. The number of anilines is 3. The summed E-state index contributed by atoms with van der Waals surface area (Å²) in [7, 11) is 3.53. The second-order valence-corrected chi connectivity index (χ2v) is 6.22. The van der Waals surface area contributed by atoms with E-state index in [9.17, 15) is 10.1 Å². The summed E-state index contributed by atoms with van der Waals surface area (Å²) < 4.78 is 0. The Bertz CT molecular complexity index is 945. The van der Waals surface area contributed by atoms with Gasteiger partial charge in [-0.3, -0.25) is 10.1 Å². The van der Waals surface area contributed by atoms with E-state index in [2.05, 4.69) is 20.3 Å². The van der Waals surface area contributed by atoms with Crippen molar-refractivity contribution in [2.24, 2.45) is 0 Å². The SMILES string of the molecule is Cc1c[nH]c(C)c1-c1ccnc(Nc2ccc(N(C)C)c([N+](=O)[O-])c2)n1. The third kappa shape index (κ3) is 3.34. The Kier molecular flexibility index (Phi) is 4.57. The lowest BCUT2D eigenvalue weighted by atomic mass is 10.1. The number of aryl methyl sites for hydroxylation is 2. The van der Waals surface area contributed by atoms with Crippen molar-refractivity contribution in [3.05, 3.63) is 58.0 Å². The van der Waals surface area contributed by atoms with Gasteiger partial charge < -0.3 is 15.2 Å². The molecule has 0 aliphatic heterocycles. The van der Waals surface area contributed by atoms with E-state index < -0.39 is 4.92 Å². The highest BCUT2D eigenvalue weighted by Crippen LogP contribution is 2.31. The number of nitro groups is 1. The number of aromatic amines is 1. The molecule has 26 heavy (non-hydrogen) atoms. The summed E-state index contributed by atoms with van der Waals surface area (Å²) in [4.78, 5) is 24.6. The molecule has 0 radical (unpaired) electrons. The second kappa shape index (κ2) is 6.83. The van der Waals surface area contributed by atoms with Gasteiger partial charge in [-0.25, -0.2) is 9.97 Å². The van der Waals surface area contributed by atoms with Crippen LogP contribution in [-0.4, -0.2) is 34.0 Å². The summed E-state index contributed by atoms with van der Waals surface area (Å²) in [5, 5.41) is 14.4. The Morgan fingerprint density at radius 3 is 2.62 bits per heavy atom. The van der Waals surface area contributed by atoms with Crippen LogP contribution in [0.4, 0.5) is 23.0 Å². The molecule has 0 unspecified atom stereocenters.